The van der Waals surface area contributed by atoms with Crippen LogP contribution in [0.1, 0.15) is 51.0 Å². The van der Waals surface area contributed by atoms with Crippen LogP contribution in [0.3, 0.4) is 0 Å². The second-order valence-electron chi connectivity index (χ2n) is 7.41. The van der Waals surface area contributed by atoms with Gasteiger partial charge in [-0.15, -0.1) is 0 Å². The smallest absolute Gasteiger partial charge is 0.337 e. The predicted octanol–water partition coefficient (Wildman–Crippen LogP) is 4.18. The van der Waals surface area contributed by atoms with Crippen LogP contribution in [-0.4, -0.2) is 32.1 Å². The molecule has 0 spiro atoms. The van der Waals surface area contributed by atoms with E-state index >= 15 is 0 Å². The van der Waals surface area contributed by atoms with Gasteiger partial charge in [0.15, 0.2) is 17.3 Å². The summed E-state index contributed by atoms with van der Waals surface area (Å²) in [5, 5.41) is 3.28. The average Bonchev–Trinajstić information content (AvgIpc) is 2.75. The van der Waals surface area contributed by atoms with Gasteiger partial charge < -0.3 is 19.5 Å². The minimum absolute atomic E-state index is 0.0561. The number of ketones is 1. The lowest BCUT2D eigenvalue weighted by Gasteiger charge is -2.34. The summed E-state index contributed by atoms with van der Waals surface area (Å²) in [5.74, 6) is 0.292. The molecule has 1 aliphatic heterocycles. The average molecular weight is 411 g/mol. The SMILES string of the molecule is C=CCOC(=O)C1=C(C)NC2=C(C(=O)CCC2)[C@@H]1c1ccc(OCCC)c(OC)c1. The number of hydrogen-bond donors (Lipinski definition) is 1. The lowest BCUT2D eigenvalue weighted by molar-refractivity contribution is -0.138. The largest absolute Gasteiger partial charge is 0.493 e. The number of ether oxygens (including phenoxy) is 3. The van der Waals surface area contributed by atoms with Crippen LogP contribution in [0.25, 0.3) is 0 Å². The molecule has 0 amide bonds. The molecule has 1 atom stereocenters. The first kappa shape index (κ1) is 21.7. The quantitative estimate of drug-likeness (QED) is 0.511. The lowest BCUT2D eigenvalue weighted by atomic mass is 9.75. The van der Waals surface area contributed by atoms with Crippen molar-refractivity contribution in [3.8, 4) is 11.5 Å². The summed E-state index contributed by atoms with van der Waals surface area (Å²) in [5.41, 5.74) is 3.47. The molecule has 3 rings (SSSR count). The van der Waals surface area contributed by atoms with E-state index in [4.69, 9.17) is 14.2 Å². The number of carbonyl (C=O) groups is 2. The van der Waals surface area contributed by atoms with Gasteiger partial charge in [0.1, 0.15) is 6.61 Å². The molecule has 1 N–H and O–H groups in total. The minimum Gasteiger partial charge on any atom is -0.493 e. The topological polar surface area (TPSA) is 73.9 Å². The molecule has 1 aliphatic carbocycles. The zero-order valence-electron chi connectivity index (χ0n) is 17.9. The van der Waals surface area contributed by atoms with Crippen molar-refractivity contribution >= 4 is 11.8 Å². The highest BCUT2D eigenvalue weighted by Crippen LogP contribution is 2.44. The molecule has 1 aromatic carbocycles. The van der Waals surface area contributed by atoms with Crippen molar-refractivity contribution in [1.82, 2.24) is 5.32 Å². The Bertz CT molecular complexity index is 912. The highest BCUT2D eigenvalue weighted by atomic mass is 16.5. The summed E-state index contributed by atoms with van der Waals surface area (Å²) in [7, 11) is 1.58. The number of carbonyl (C=O) groups excluding carboxylic acids is 2. The van der Waals surface area contributed by atoms with Gasteiger partial charge in [0, 0.05) is 29.3 Å². The van der Waals surface area contributed by atoms with E-state index in [-0.39, 0.29) is 12.4 Å². The Kier molecular flexibility index (Phi) is 6.98. The van der Waals surface area contributed by atoms with Crippen molar-refractivity contribution in [2.45, 2.75) is 45.4 Å². The summed E-state index contributed by atoms with van der Waals surface area (Å²) >= 11 is 0. The van der Waals surface area contributed by atoms with E-state index in [0.29, 0.717) is 41.4 Å². The molecule has 0 bridgehead atoms. The van der Waals surface area contributed by atoms with Crippen LogP contribution in [0.4, 0.5) is 0 Å². The first-order chi connectivity index (χ1) is 14.5. The van der Waals surface area contributed by atoms with Gasteiger partial charge in [0.05, 0.1) is 19.3 Å². The van der Waals surface area contributed by atoms with Crippen LogP contribution < -0.4 is 14.8 Å². The van der Waals surface area contributed by atoms with Gasteiger partial charge in [-0.2, -0.15) is 0 Å². The van der Waals surface area contributed by atoms with Crippen LogP contribution in [0, 0.1) is 0 Å². The zero-order chi connectivity index (χ0) is 21.7. The summed E-state index contributed by atoms with van der Waals surface area (Å²) in [6, 6.07) is 5.58. The lowest BCUT2D eigenvalue weighted by Crippen LogP contribution is -2.34. The van der Waals surface area contributed by atoms with E-state index < -0.39 is 11.9 Å². The van der Waals surface area contributed by atoms with Crippen LogP contribution in [0.15, 0.2) is 53.4 Å². The molecular weight excluding hydrogens is 382 g/mol. The Morgan fingerprint density at radius 3 is 2.80 bits per heavy atom. The molecule has 0 saturated carbocycles. The number of hydrogen-bond acceptors (Lipinski definition) is 6. The fraction of sp³-hybridized carbons (Fsp3) is 0.417. The fourth-order valence-corrected chi connectivity index (χ4v) is 3.99. The van der Waals surface area contributed by atoms with Gasteiger partial charge in [0.2, 0.25) is 0 Å². The van der Waals surface area contributed by atoms with Crippen LogP contribution in [0.2, 0.25) is 0 Å². The molecule has 30 heavy (non-hydrogen) atoms. The number of esters is 1. The molecule has 0 fully saturated rings. The number of nitrogens with one attached hydrogen (secondary N) is 1. The van der Waals surface area contributed by atoms with Crippen molar-refractivity contribution in [2.75, 3.05) is 20.3 Å². The van der Waals surface area contributed by atoms with Gasteiger partial charge in [0.25, 0.3) is 0 Å². The molecule has 1 aromatic rings. The standard InChI is InChI=1S/C24H29NO5/c1-5-12-29-19-11-10-16(14-20(19)28-4)22-21(24(27)30-13-6-2)15(3)25-17-8-7-9-18(26)23(17)22/h6,10-11,14,22,25H,2,5,7-9,12-13H2,1,3-4H3/t22-/m1/s1. The van der Waals surface area contributed by atoms with E-state index in [1.807, 2.05) is 32.0 Å². The fourth-order valence-electron chi connectivity index (χ4n) is 3.99. The molecule has 0 aromatic heterocycles. The molecule has 6 heteroatoms. The summed E-state index contributed by atoms with van der Waals surface area (Å²) in [6.07, 6.45) is 4.45. The number of Topliss-reactive ketones (excluding diaryl/α,β-unsaturated/α-hetero) is 1. The van der Waals surface area contributed by atoms with Crippen molar-refractivity contribution in [2.24, 2.45) is 0 Å². The van der Waals surface area contributed by atoms with Crippen LogP contribution in [0.5, 0.6) is 11.5 Å². The van der Waals surface area contributed by atoms with Gasteiger partial charge in [-0.1, -0.05) is 25.6 Å². The summed E-state index contributed by atoms with van der Waals surface area (Å²) < 4.78 is 16.7. The zero-order valence-corrected chi connectivity index (χ0v) is 17.9. The maximum absolute atomic E-state index is 12.9. The van der Waals surface area contributed by atoms with Gasteiger partial charge in [-0.05, 0) is 43.9 Å². The molecular formula is C24H29NO5. The van der Waals surface area contributed by atoms with Gasteiger partial charge in [-0.3, -0.25) is 4.79 Å². The molecule has 6 nitrogen and oxygen atoms in total. The number of dihydropyridines is 1. The Morgan fingerprint density at radius 2 is 2.10 bits per heavy atom. The molecule has 0 saturated heterocycles. The second-order valence-corrected chi connectivity index (χ2v) is 7.41. The Morgan fingerprint density at radius 1 is 1.30 bits per heavy atom. The summed E-state index contributed by atoms with van der Waals surface area (Å²) in [4.78, 5) is 25.9. The first-order valence-corrected chi connectivity index (χ1v) is 10.3. The minimum atomic E-state index is -0.513. The van der Waals surface area contributed by atoms with E-state index in [2.05, 4.69) is 11.9 Å². The number of rotatable bonds is 8. The molecule has 0 unspecified atom stereocenters. The third-order valence-electron chi connectivity index (χ3n) is 5.31. The van der Waals surface area contributed by atoms with E-state index in [1.54, 1.807) is 7.11 Å². The first-order valence-electron chi connectivity index (χ1n) is 10.3. The van der Waals surface area contributed by atoms with Crippen molar-refractivity contribution < 1.29 is 23.8 Å². The number of methoxy groups -OCH3 is 1. The normalized spacial score (nSPS) is 18.5. The summed E-state index contributed by atoms with van der Waals surface area (Å²) in [6.45, 7) is 8.17. The Labute approximate surface area is 177 Å². The molecule has 1 heterocycles. The maximum Gasteiger partial charge on any atom is 0.337 e. The van der Waals surface area contributed by atoms with Crippen LogP contribution >= 0.6 is 0 Å². The van der Waals surface area contributed by atoms with Crippen molar-refractivity contribution in [1.29, 1.82) is 0 Å². The molecule has 2 aliphatic rings. The Hall–Kier alpha value is -3.02. The Balaban J connectivity index is 2.10. The maximum atomic E-state index is 12.9. The molecule has 160 valence electrons. The third kappa shape index (κ3) is 4.27. The van der Waals surface area contributed by atoms with Crippen molar-refractivity contribution in [3.63, 3.8) is 0 Å². The monoisotopic (exact) mass is 411 g/mol. The van der Waals surface area contributed by atoms with E-state index in [9.17, 15) is 9.59 Å². The second kappa shape index (κ2) is 9.65. The predicted molar refractivity (Wildman–Crippen MR) is 114 cm³/mol. The highest BCUT2D eigenvalue weighted by molar-refractivity contribution is 6.03. The van der Waals surface area contributed by atoms with Gasteiger partial charge >= 0.3 is 5.97 Å². The van der Waals surface area contributed by atoms with E-state index in [0.717, 1.165) is 30.5 Å². The molecule has 0 radical (unpaired) electrons. The van der Waals surface area contributed by atoms with Crippen molar-refractivity contribution in [3.05, 3.63) is 59.0 Å². The van der Waals surface area contributed by atoms with Crippen LogP contribution in [-0.2, 0) is 14.3 Å². The highest BCUT2D eigenvalue weighted by Gasteiger charge is 2.39. The number of allylic oxidation sites excluding steroid dienone is 3. The third-order valence-corrected chi connectivity index (χ3v) is 5.31. The van der Waals surface area contributed by atoms with E-state index in [1.165, 1.54) is 6.08 Å². The van der Waals surface area contributed by atoms with Gasteiger partial charge in [-0.25, -0.2) is 4.79 Å². The number of benzene rings is 1.